The fraction of sp³-hybridized carbons (Fsp3) is 0.150. The number of hydrogen-bond acceptors (Lipinski definition) is 4. The average molecular weight is 1780 g/mol. The second-order valence-electron chi connectivity index (χ2n) is 41.5. The predicted molar refractivity (Wildman–Crippen MR) is 580 cm³/mol. The van der Waals surface area contributed by atoms with Crippen LogP contribution in [0.2, 0.25) is 13.1 Å². The second-order valence-corrected chi connectivity index (χ2v) is 53.2. The first-order chi connectivity index (χ1) is 64.8. The van der Waals surface area contributed by atoms with Gasteiger partial charge in [0.2, 0.25) is 0 Å². The van der Waals surface area contributed by atoms with E-state index in [2.05, 4.69) is 565 Å². The standard InChI is InChI=1S/C35H29N.C34H29NSi.C34H31NSi.C24H27NSi/c1-34(2,3)24-20-22-25(23-21-24)36-32-18-10-8-16-30(32)35(31-17-9-11-19-33(31)36)28-14-6-4-12-26(28)27-13-5-7-15-29(27)35;1-34(2,3)24-20-22-25(23-21-24)35-28-14-6-10-18-32(28)36(33-19-11-7-15-29(33)35)30-16-8-4-12-26(30)27-13-5-9-17-31(27)36;1-34(2,3)26-22-24-27(25-23-26)35-30-18-10-12-20-32(30)36(28-14-6-4-7-15-28,29-16-8-5-9-17-29)33-21-13-11-19-31(33)35;1-24(2,3)18-14-16-19(17-15-18)25-20-10-6-8-12-22(20)26(4,5)23-13-9-7-11-21(23)25/h2*4-23H,1-3H3;4-25H,1-3H3;6-17H,1-5H3. The van der Waals surface area contributed by atoms with E-state index in [9.17, 15) is 0 Å². The Kier molecular flexibility index (Phi) is 21.6. The van der Waals surface area contributed by atoms with Crippen LogP contribution >= 0.6 is 0 Å². The molecule has 0 saturated carbocycles. The molecular formula is C127H116N4Si3. The summed E-state index contributed by atoms with van der Waals surface area (Å²) in [6, 6.07) is 167. The molecule has 18 aromatic rings. The van der Waals surface area contributed by atoms with E-state index in [0.29, 0.717) is 0 Å². The van der Waals surface area contributed by atoms with Crippen molar-refractivity contribution in [3.63, 3.8) is 0 Å². The SMILES string of the molecule is CC(C)(C)c1ccc(N2c3ccccc3C3(c4ccccc4-c4ccccc43)c3ccccc32)cc1.CC(C)(C)c1ccc(N2c3ccccc3[Si](C)(C)c3ccccc32)cc1.CC(C)(C)c1ccc(N2c3ccccc3[Si](c3ccccc3)(c3ccccc3)c3ccccc32)cc1.CC(C)(C)c1ccc(N2c3ccccc3[Si]3(c4ccccc4-c4ccccc43)c3ccccc32)cc1. The summed E-state index contributed by atoms with van der Waals surface area (Å²) in [7, 11) is -6.68. The molecule has 24 rings (SSSR count). The van der Waals surface area contributed by atoms with Crippen LogP contribution in [-0.4, -0.2) is 24.2 Å². The molecule has 2 spiro atoms. The van der Waals surface area contributed by atoms with Crippen molar-refractivity contribution in [1.29, 1.82) is 0 Å². The highest BCUT2D eigenvalue weighted by atomic mass is 28.3. The molecule has 4 nitrogen and oxygen atoms in total. The lowest BCUT2D eigenvalue weighted by atomic mass is 9.64. The third kappa shape index (κ3) is 14.1. The molecule has 0 bridgehead atoms. The van der Waals surface area contributed by atoms with E-state index in [1.54, 1.807) is 0 Å². The van der Waals surface area contributed by atoms with Crippen molar-refractivity contribution >= 4 is 144 Å². The van der Waals surface area contributed by atoms with Gasteiger partial charge in [-0.2, -0.15) is 0 Å². The Morgan fingerprint density at radius 3 is 0.657 bits per heavy atom. The topological polar surface area (TPSA) is 13.0 Å². The van der Waals surface area contributed by atoms with E-state index in [1.165, 1.54) is 187 Å². The van der Waals surface area contributed by atoms with E-state index in [1.807, 2.05) is 0 Å². The first kappa shape index (κ1) is 86.5. The fourth-order valence-corrected chi connectivity index (χ4v) is 36.4. The second kappa shape index (κ2) is 33.5. The van der Waals surface area contributed by atoms with Crippen molar-refractivity contribution in [3.05, 3.63) is 493 Å². The van der Waals surface area contributed by atoms with Crippen LogP contribution in [0.4, 0.5) is 68.2 Å². The van der Waals surface area contributed by atoms with Gasteiger partial charge in [0.1, 0.15) is 8.07 Å². The summed E-state index contributed by atoms with van der Waals surface area (Å²) in [6.07, 6.45) is 0. The summed E-state index contributed by atoms with van der Waals surface area (Å²) >= 11 is 0. The fourth-order valence-electron chi connectivity index (χ4n) is 22.8. The van der Waals surface area contributed by atoms with Gasteiger partial charge in [-0.05, 0) is 237 Å². The highest BCUT2D eigenvalue weighted by Gasteiger charge is 2.56. The minimum absolute atomic E-state index is 0.123. The van der Waals surface area contributed by atoms with Crippen LogP contribution in [0.3, 0.4) is 0 Å². The van der Waals surface area contributed by atoms with Gasteiger partial charge in [-0.3, -0.25) is 0 Å². The van der Waals surface area contributed by atoms with Crippen molar-refractivity contribution in [2.24, 2.45) is 0 Å². The maximum Gasteiger partial charge on any atom is 0.185 e. The third-order valence-corrected chi connectivity index (χ3v) is 42.6. The normalized spacial score (nSPS) is 14.7. The summed E-state index contributed by atoms with van der Waals surface area (Å²) in [5, 5.41) is 14.7. The highest BCUT2D eigenvalue weighted by molar-refractivity contribution is 7.24. The molecule has 0 N–H and O–H groups in total. The van der Waals surface area contributed by atoms with E-state index in [0.717, 1.165) is 0 Å². The Hall–Kier alpha value is -14.2. The van der Waals surface area contributed by atoms with Crippen molar-refractivity contribution in [2.75, 3.05) is 19.6 Å². The summed E-state index contributed by atoms with van der Waals surface area (Å²) in [5.41, 5.74) is 31.7. The molecule has 0 amide bonds. The molecule has 0 fully saturated rings. The first-order valence-corrected chi connectivity index (χ1v) is 54.7. The Balaban J connectivity index is 0.000000108. The monoisotopic (exact) mass is 1780 g/mol. The zero-order valence-electron chi connectivity index (χ0n) is 79.5. The Morgan fingerprint density at radius 1 is 0.172 bits per heavy atom. The largest absolute Gasteiger partial charge is 0.311 e. The molecule has 18 aromatic carbocycles. The van der Waals surface area contributed by atoms with E-state index in [-0.39, 0.29) is 27.1 Å². The van der Waals surface area contributed by atoms with Gasteiger partial charge in [-0.1, -0.05) is 448 Å². The summed E-state index contributed by atoms with van der Waals surface area (Å²) in [5.74, 6) is 0. The molecule has 6 aliphatic rings. The summed E-state index contributed by atoms with van der Waals surface area (Å²) in [4.78, 5) is 9.84. The van der Waals surface area contributed by atoms with Crippen molar-refractivity contribution in [1.82, 2.24) is 0 Å². The summed E-state index contributed by atoms with van der Waals surface area (Å²) < 4.78 is 0. The molecule has 134 heavy (non-hydrogen) atoms. The van der Waals surface area contributed by atoms with E-state index < -0.39 is 24.2 Å². The number of hydrogen-bond donors (Lipinski definition) is 0. The third-order valence-electron chi connectivity index (χ3n) is 29.2. The van der Waals surface area contributed by atoms with E-state index >= 15 is 0 Å². The van der Waals surface area contributed by atoms with Gasteiger partial charge in [0, 0.05) is 56.9 Å². The van der Waals surface area contributed by atoms with Crippen LogP contribution < -0.4 is 71.5 Å². The van der Waals surface area contributed by atoms with Gasteiger partial charge in [0.15, 0.2) is 16.1 Å². The minimum atomic E-state index is -2.53. The average Bonchev–Trinajstić information content (AvgIpc) is 1.49. The van der Waals surface area contributed by atoms with Crippen LogP contribution in [0.5, 0.6) is 0 Å². The number of para-hydroxylation sites is 8. The van der Waals surface area contributed by atoms with Crippen molar-refractivity contribution in [2.45, 2.75) is 123 Å². The molecule has 656 valence electrons. The Labute approximate surface area is 797 Å². The molecule has 0 aromatic heterocycles. The number of benzene rings is 18. The number of fused-ring (bicyclic) bond motifs is 22. The van der Waals surface area contributed by atoms with Crippen molar-refractivity contribution < 1.29 is 0 Å². The lowest BCUT2D eigenvalue weighted by Crippen LogP contribution is -2.77. The maximum absolute atomic E-state index is 2.53. The quantitative estimate of drug-likeness (QED) is 0.154. The smallest absolute Gasteiger partial charge is 0.185 e. The number of nitrogens with zero attached hydrogens (tertiary/aromatic N) is 4. The number of rotatable bonds is 6. The van der Waals surface area contributed by atoms with Crippen LogP contribution in [0, 0.1) is 0 Å². The molecule has 7 heteroatoms. The molecule has 0 radical (unpaired) electrons. The van der Waals surface area contributed by atoms with Crippen LogP contribution in [0.15, 0.2) is 449 Å². The van der Waals surface area contributed by atoms with Gasteiger partial charge in [-0.25, -0.2) is 0 Å². The first-order valence-electron chi connectivity index (χ1n) is 47.7. The number of anilines is 12. The molecule has 5 aliphatic heterocycles. The van der Waals surface area contributed by atoms with E-state index in [4.69, 9.17) is 0 Å². The Bertz CT molecular complexity index is 6670. The van der Waals surface area contributed by atoms with Crippen molar-refractivity contribution in [3.8, 4) is 22.3 Å². The molecule has 0 atom stereocenters. The van der Waals surface area contributed by atoms with Gasteiger partial charge < -0.3 is 19.6 Å². The van der Waals surface area contributed by atoms with Crippen LogP contribution in [-0.2, 0) is 27.1 Å². The summed E-state index contributed by atoms with van der Waals surface area (Å²) in [6.45, 7) is 32.2. The van der Waals surface area contributed by atoms with Crippen LogP contribution in [0.1, 0.15) is 128 Å². The zero-order valence-corrected chi connectivity index (χ0v) is 82.5. The molecular weight excluding hydrogens is 1670 g/mol. The molecule has 1 aliphatic carbocycles. The van der Waals surface area contributed by atoms with Gasteiger partial charge in [-0.15, -0.1) is 0 Å². The molecule has 5 heterocycles. The van der Waals surface area contributed by atoms with Gasteiger partial charge in [0.25, 0.3) is 0 Å². The van der Waals surface area contributed by atoms with Gasteiger partial charge >= 0.3 is 0 Å². The van der Waals surface area contributed by atoms with Gasteiger partial charge in [0.05, 0.1) is 16.8 Å². The zero-order chi connectivity index (χ0) is 92.3. The lowest BCUT2D eigenvalue weighted by Gasteiger charge is -2.45. The highest BCUT2D eigenvalue weighted by Crippen LogP contribution is 2.63. The minimum Gasteiger partial charge on any atom is -0.311 e. The predicted octanol–water partition coefficient (Wildman–Crippen LogP) is 27.0. The maximum atomic E-state index is 2.49. The molecule has 0 unspecified atom stereocenters. The molecule has 0 saturated heterocycles. The Morgan fingerprint density at radius 2 is 0.373 bits per heavy atom. The van der Waals surface area contributed by atoms with Crippen LogP contribution in [0.25, 0.3) is 22.3 Å². The lowest BCUT2D eigenvalue weighted by molar-refractivity contribution is 0.590.